The van der Waals surface area contributed by atoms with E-state index < -0.39 is 6.10 Å². The third-order valence-corrected chi connectivity index (χ3v) is 8.70. The van der Waals surface area contributed by atoms with E-state index in [2.05, 4.69) is 27.7 Å². The van der Waals surface area contributed by atoms with Crippen molar-refractivity contribution in [2.24, 2.45) is 11.8 Å². The number of hydrogen-bond donors (Lipinski definition) is 1. The van der Waals surface area contributed by atoms with Gasteiger partial charge in [-0.25, -0.2) is 0 Å². The van der Waals surface area contributed by atoms with Crippen molar-refractivity contribution in [3.63, 3.8) is 0 Å². The smallest absolute Gasteiger partial charge is 0.305 e. The molecule has 5 nitrogen and oxygen atoms in total. The Kier molecular flexibility index (Phi) is 32.4. The maximum absolute atomic E-state index is 11.9. The molecular formula is C39H76O5. The van der Waals surface area contributed by atoms with E-state index in [1.54, 1.807) is 0 Å². The predicted molar refractivity (Wildman–Crippen MR) is 187 cm³/mol. The van der Waals surface area contributed by atoms with Crippen LogP contribution in [0.1, 0.15) is 207 Å². The topological polar surface area (TPSA) is 72.8 Å². The zero-order valence-electron chi connectivity index (χ0n) is 30.0. The standard InChI is InChI=1S/C39H76O5/c1-35(2)29-25-21-17-15-13-11-9-7-5-6-8-10-12-14-16-18-23-27-31-38(41)43-33-37(40)34-44-39(42)32-28-24-20-19-22-26-30-36(3)4/h35-37,40H,5-34H2,1-4H3/t37-/m0/s1. The molecule has 0 bridgehead atoms. The molecular weight excluding hydrogens is 548 g/mol. The van der Waals surface area contributed by atoms with Crippen molar-refractivity contribution in [2.75, 3.05) is 13.2 Å². The molecule has 0 aromatic carbocycles. The molecule has 0 aromatic heterocycles. The molecule has 0 heterocycles. The molecule has 0 rings (SSSR count). The molecule has 0 aromatic rings. The van der Waals surface area contributed by atoms with E-state index in [0.717, 1.165) is 43.9 Å². The summed E-state index contributed by atoms with van der Waals surface area (Å²) in [6.45, 7) is 8.95. The summed E-state index contributed by atoms with van der Waals surface area (Å²) in [6, 6.07) is 0. The first-order valence-electron chi connectivity index (χ1n) is 19.3. The van der Waals surface area contributed by atoms with Gasteiger partial charge in [0.1, 0.15) is 19.3 Å². The largest absolute Gasteiger partial charge is 0.463 e. The molecule has 0 aliphatic rings. The molecule has 0 unspecified atom stereocenters. The lowest BCUT2D eigenvalue weighted by Crippen LogP contribution is -2.25. The highest BCUT2D eigenvalue weighted by molar-refractivity contribution is 5.69. The fourth-order valence-corrected chi connectivity index (χ4v) is 5.75. The molecule has 0 aliphatic carbocycles. The summed E-state index contributed by atoms with van der Waals surface area (Å²) in [5.74, 6) is 1.08. The molecule has 44 heavy (non-hydrogen) atoms. The van der Waals surface area contributed by atoms with Crippen LogP contribution in [0.4, 0.5) is 0 Å². The average molecular weight is 625 g/mol. The van der Waals surface area contributed by atoms with Crippen molar-refractivity contribution < 1.29 is 24.2 Å². The van der Waals surface area contributed by atoms with Crippen molar-refractivity contribution in [2.45, 2.75) is 214 Å². The Balaban J connectivity index is 3.35. The Labute approximate surface area is 274 Å². The fourth-order valence-electron chi connectivity index (χ4n) is 5.75. The highest BCUT2D eigenvalue weighted by atomic mass is 16.6. The number of esters is 2. The van der Waals surface area contributed by atoms with Crippen molar-refractivity contribution in [3.05, 3.63) is 0 Å². The second-order valence-corrected chi connectivity index (χ2v) is 14.4. The van der Waals surface area contributed by atoms with E-state index in [4.69, 9.17) is 9.47 Å². The zero-order valence-corrected chi connectivity index (χ0v) is 30.0. The van der Waals surface area contributed by atoms with E-state index in [1.807, 2.05) is 0 Å². The SMILES string of the molecule is CC(C)CCCCCCCCCCCCCCCCCCCCC(=O)OC[C@H](O)COC(=O)CCCCCCCCC(C)C. The lowest BCUT2D eigenvalue weighted by Gasteiger charge is -2.12. The normalized spacial score (nSPS) is 12.2. The number of ether oxygens (including phenoxy) is 2. The number of aliphatic hydroxyl groups is 1. The molecule has 0 saturated carbocycles. The van der Waals surface area contributed by atoms with Gasteiger partial charge in [0.15, 0.2) is 0 Å². The molecule has 1 atom stereocenters. The third-order valence-electron chi connectivity index (χ3n) is 8.70. The van der Waals surface area contributed by atoms with E-state index in [9.17, 15) is 14.7 Å². The van der Waals surface area contributed by atoms with Crippen molar-refractivity contribution in [1.29, 1.82) is 0 Å². The molecule has 0 amide bonds. The van der Waals surface area contributed by atoms with Gasteiger partial charge >= 0.3 is 11.9 Å². The number of aliphatic hydroxyl groups excluding tert-OH is 1. The number of rotatable bonds is 34. The monoisotopic (exact) mass is 625 g/mol. The summed E-state index contributed by atoms with van der Waals surface area (Å²) in [5.41, 5.74) is 0. The van der Waals surface area contributed by atoms with Crippen LogP contribution in [0.15, 0.2) is 0 Å². The molecule has 0 fully saturated rings. The number of carbonyl (C=O) groups excluding carboxylic acids is 2. The Morgan fingerprint density at radius 2 is 0.636 bits per heavy atom. The molecule has 5 heteroatoms. The van der Waals surface area contributed by atoms with Crippen molar-refractivity contribution >= 4 is 11.9 Å². The predicted octanol–water partition coefficient (Wildman–Crippen LogP) is 11.7. The van der Waals surface area contributed by atoms with E-state index in [-0.39, 0.29) is 25.2 Å². The van der Waals surface area contributed by atoms with Gasteiger partial charge in [0.25, 0.3) is 0 Å². The first-order chi connectivity index (χ1) is 21.3. The van der Waals surface area contributed by atoms with Crippen LogP contribution in [0.5, 0.6) is 0 Å². The fraction of sp³-hybridized carbons (Fsp3) is 0.949. The molecule has 0 radical (unpaired) electrons. The third kappa shape index (κ3) is 35.4. The first kappa shape index (κ1) is 42.9. The summed E-state index contributed by atoms with van der Waals surface area (Å²) < 4.78 is 10.3. The van der Waals surface area contributed by atoms with Crippen LogP contribution in [-0.2, 0) is 19.1 Å². The molecule has 0 saturated heterocycles. The van der Waals surface area contributed by atoms with Gasteiger partial charge in [0.05, 0.1) is 0 Å². The van der Waals surface area contributed by atoms with E-state index in [0.29, 0.717) is 12.8 Å². The van der Waals surface area contributed by atoms with Crippen LogP contribution >= 0.6 is 0 Å². The summed E-state index contributed by atoms with van der Waals surface area (Å²) in [6.07, 6.45) is 33.2. The summed E-state index contributed by atoms with van der Waals surface area (Å²) in [7, 11) is 0. The molecule has 262 valence electrons. The quantitative estimate of drug-likeness (QED) is 0.0569. The van der Waals surface area contributed by atoms with Crippen LogP contribution in [0.25, 0.3) is 0 Å². The zero-order chi connectivity index (χ0) is 32.5. The van der Waals surface area contributed by atoms with Crippen LogP contribution < -0.4 is 0 Å². The van der Waals surface area contributed by atoms with Gasteiger partial charge in [-0.3, -0.25) is 9.59 Å². The molecule has 0 aliphatic heterocycles. The van der Waals surface area contributed by atoms with Crippen LogP contribution in [0.2, 0.25) is 0 Å². The van der Waals surface area contributed by atoms with Gasteiger partial charge in [0, 0.05) is 12.8 Å². The van der Waals surface area contributed by atoms with E-state index in [1.165, 1.54) is 135 Å². The minimum atomic E-state index is -0.956. The lowest BCUT2D eigenvalue weighted by atomic mass is 10.0. The number of unbranched alkanes of at least 4 members (excludes halogenated alkanes) is 22. The minimum absolute atomic E-state index is 0.110. The Morgan fingerprint density at radius 3 is 0.886 bits per heavy atom. The summed E-state index contributed by atoms with van der Waals surface area (Å²) in [5, 5.41) is 9.97. The van der Waals surface area contributed by atoms with Gasteiger partial charge in [-0.2, -0.15) is 0 Å². The molecule has 0 spiro atoms. The maximum atomic E-state index is 11.9. The molecule has 1 N–H and O–H groups in total. The first-order valence-corrected chi connectivity index (χ1v) is 19.3. The second kappa shape index (κ2) is 33.3. The van der Waals surface area contributed by atoms with Gasteiger partial charge in [-0.15, -0.1) is 0 Å². The number of carbonyl (C=O) groups is 2. The van der Waals surface area contributed by atoms with Crippen molar-refractivity contribution in [1.82, 2.24) is 0 Å². The average Bonchev–Trinajstić information content (AvgIpc) is 2.98. The Bertz CT molecular complexity index is 618. The van der Waals surface area contributed by atoms with Gasteiger partial charge < -0.3 is 14.6 Å². The van der Waals surface area contributed by atoms with Crippen LogP contribution in [-0.4, -0.2) is 36.4 Å². The summed E-state index contributed by atoms with van der Waals surface area (Å²) >= 11 is 0. The minimum Gasteiger partial charge on any atom is -0.463 e. The lowest BCUT2D eigenvalue weighted by molar-refractivity contribution is -0.152. The van der Waals surface area contributed by atoms with Crippen LogP contribution in [0.3, 0.4) is 0 Å². The second-order valence-electron chi connectivity index (χ2n) is 14.4. The Morgan fingerprint density at radius 1 is 0.409 bits per heavy atom. The van der Waals surface area contributed by atoms with Crippen LogP contribution in [0, 0.1) is 11.8 Å². The Hall–Kier alpha value is -1.10. The summed E-state index contributed by atoms with van der Waals surface area (Å²) in [4.78, 5) is 23.8. The highest BCUT2D eigenvalue weighted by Gasteiger charge is 2.12. The highest BCUT2D eigenvalue weighted by Crippen LogP contribution is 2.16. The maximum Gasteiger partial charge on any atom is 0.305 e. The number of hydrogen-bond acceptors (Lipinski definition) is 5. The van der Waals surface area contributed by atoms with Gasteiger partial charge in [-0.1, -0.05) is 182 Å². The van der Waals surface area contributed by atoms with Crippen molar-refractivity contribution in [3.8, 4) is 0 Å². The van der Waals surface area contributed by atoms with E-state index >= 15 is 0 Å². The van der Waals surface area contributed by atoms with Gasteiger partial charge in [-0.05, 0) is 24.7 Å². The van der Waals surface area contributed by atoms with Gasteiger partial charge in [0.2, 0.25) is 0 Å².